The van der Waals surface area contributed by atoms with Gasteiger partial charge in [0.2, 0.25) is 0 Å². The SMILES string of the molecule is N#CC1(NC2CC2)CC1. The van der Waals surface area contributed by atoms with Crippen molar-refractivity contribution in [3.05, 3.63) is 0 Å². The molecule has 0 aromatic heterocycles. The van der Waals surface area contributed by atoms with Crippen molar-refractivity contribution in [2.75, 3.05) is 0 Å². The van der Waals surface area contributed by atoms with Gasteiger partial charge in [-0.3, -0.25) is 5.32 Å². The van der Waals surface area contributed by atoms with Crippen molar-refractivity contribution in [3.8, 4) is 6.07 Å². The number of hydrogen-bond donors (Lipinski definition) is 1. The average Bonchev–Trinajstić information content (AvgIpc) is 2.68. The van der Waals surface area contributed by atoms with Gasteiger partial charge in [0.05, 0.1) is 6.07 Å². The molecule has 0 radical (unpaired) electrons. The lowest BCUT2D eigenvalue weighted by Gasteiger charge is -2.04. The fourth-order valence-electron chi connectivity index (χ4n) is 1.03. The smallest absolute Gasteiger partial charge is 0.107 e. The van der Waals surface area contributed by atoms with E-state index in [1.165, 1.54) is 12.8 Å². The van der Waals surface area contributed by atoms with Crippen LogP contribution in [0, 0.1) is 11.3 Å². The van der Waals surface area contributed by atoms with Crippen LogP contribution >= 0.6 is 0 Å². The van der Waals surface area contributed by atoms with Gasteiger partial charge in [0.1, 0.15) is 5.54 Å². The lowest BCUT2D eigenvalue weighted by atomic mass is 10.3. The summed E-state index contributed by atoms with van der Waals surface area (Å²) in [4.78, 5) is 0. The van der Waals surface area contributed by atoms with Gasteiger partial charge in [0.25, 0.3) is 0 Å². The molecule has 2 aliphatic carbocycles. The van der Waals surface area contributed by atoms with E-state index in [4.69, 9.17) is 5.26 Å². The summed E-state index contributed by atoms with van der Waals surface area (Å²) in [6, 6.07) is 3.00. The fraction of sp³-hybridized carbons (Fsp3) is 0.857. The molecular weight excluding hydrogens is 112 g/mol. The van der Waals surface area contributed by atoms with E-state index in [-0.39, 0.29) is 5.54 Å². The van der Waals surface area contributed by atoms with Crippen molar-refractivity contribution in [3.63, 3.8) is 0 Å². The molecule has 1 N–H and O–H groups in total. The fourth-order valence-corrected chi connectivity index (χ4v) is 1.03. The molecule has 0 spiro atoms. The standard InChI is InChI=1S/C7H10N2/c8-5-7(3-4-7)9-6-1-2-6/h6,9H,1-4H2. The lowest BCUT2D eigenvalue weighted by molar-refractivity contribution is 0.593. The zero-order chi connectivity index (χ0) is 6.32. The van der Waals surface area contributed by atoms with E-state index >= 15 is 0 Å². The zero-order valence-corrected chi connectivity index (χ0v) is 5.35. The largest absolute Gasteiger partial charge is 0.297 e. The highest BCUT2D eigenvalue weighted by Crippen LogP contribution is 2.37. The van der Waals surface area contributed by atoms with Crippen LogP contribution in [0.15, 0.2) is 0 Å². The van der Waals surface area contributed by atoms with E-state index in [0.29, 0.717) is 6.04 Å². The molecule has 2 rings (SSSR count). The third kappa shape index (κ3) is 0.927. The Kier molecular flexibility index (Phi) is 0.866. The molecule has 0 heterocycles. The Hall–Kier alpha value is -0.550. The molecule has 2 heteroatoms. The van der Waals surface area contributed by atoms with Crippen LogP contribution in [-0.4, -0.2) is 11.6 Å². The van der Waals surface area contributed by atoms with Crippen LogP contribution in [0.1, 0.15) is 25.7 Å². The van der Waals surface area contributed by atoms with Gasteiger partial charge in [-0.1, -0.05) is 0 Å². The van der Waals surface area contributed by atoms with E-state index in [1.54, 1.807) is 0 Å². The summed E-state index contributed by atoms with van der Waals surface area (Å²) in [5, 5.41) is 12.0. The molecule has 2 saturated carbocycles. The van der Waals surface area contributed by atoms with Crippen LogP contribution < -0.4 is 5.32 Å². The van der Waals surface area contributed by atoms with E-state index < -0.39 is 0 Å². The molecule has 0 aromatic rings. The average molecular weight is 122 g/mol. The topological polar surface area (TPSA) is 35.8 Å². The van der Waals surface area contributed by atoms with Crippen LogP contribution in [0.25, 0.3) is 0 Å². The van der Waals surface area contributed by atoms with E-state index in [9.17, 15) is 0 Å². The first kappa shape index (κ1) is 5.25. The second-order valence-corrected chi connectivity index (χ2v) is 3.11. The Morgan fingerprint density at radius 3 is 2.44 bits per heavy atom. The van der Waals surface area contributed by atoms with Gasteiger partial charge in [-0.25, -0.2) is 0 Å². The van der Waals surface area contributed by atoms with Gasteiger partial charge < -0.3 is 0 Å². The van der Waals surface area contributed by atoms with Crippen LogP contribution in [0.4, 0.5) is 0 Å². The first-order valence-corrected chi connectivity index (χ1v) is 3.54. The minimum absolute atomic E-state index is 0.0683. The van der Waals surface area contributed by atoms with Crippen molar-refractivity contribution in [2.45, 2.75) is 37.3 Å². The molecule has 0 amide bonds. The van der Waals surface area contributed by atoms with E-state index in [2.05, 4.69) is 11.4 Å². The van der Waals surface area contributed by atoms with Gasteiger partial charge in [0.15, 0.2) is 0 Å². The van der Waals surface area contributed by atoms with Gasteiger partial charge in [-0.15, -0.1) is 0 Å². The minimum atomic E-state index is -0.0683. The molecule has 2 nitrogen and oxygen atoms in total. The quantitative estimate of drug-likeness (QED) is 0.588. The van der Waals surface area contributed by atoms with Gasteiger partial charge in [-0.05, 0) is 25.7 Å². The maximum absolute atomic E-state index is 8.62. The summed E-state index contributed by atoms with van der Waals surface area (Å²) in [6.07, 6.45) is 4.70. The predicted octanol–water partition coefficient (Wildman–Crippen LogP) is 0.795. The normalized spacial score (nSPS) is 29.2. The van der Waals surface area contributed by atoms with Gasteiger partial charge in [-0.2, -0.15) is 5.26 Å². The lowest BCUT2D eigenvalue weighted by Crippen LogP contribution is -2.31. The molecule has 0 aromatic carbocycles. The Morgan fingerprint density at radius 2 is 2.11 bits per heavy atom. The number of nitriles is 1. The highest BCUT2D eigenvalue weighted by molar-refractivity contribution is 5.19. The summed E-state index contributed by atoms with van der Waals surface area (Å²) in [5.41, 5.74) is -0.0683. The molecule has 0 unspecified atom stereocenters. The van der Waals surface area contributed by atoms with Crippen molar-refractivity contribution in [1.82, 2.24) is 5.32 Å². The van der Waals surface area contributed by atoms with Crippen molar-refractivity contribution < 1.29 is 0 Å². The van der Waals surface area contributed by atoms with Crippen molar-refractivity contribution >= 4 is 0 Å². The van der Waals surface area contributed by atoms with Gasteiger partial charge >= 0.3 is 0 Å². The number of rotatable bonds is 2. The molecule has 0 bridgehead atoms. The molecule has 0 saturated heterocycles. The number of nitrogens with one attached hydrogen (secondary N) is 1. The second kappa shape index (κ2) is 1.48. The van der Waals surface area contributed by atoms with Crippen molar-refractivity contribution in [2.24, 2.45) is 0 Å². The Balaban J connectivity index is 1.90. The Morgan fingerprint density at radius 1 is 1.44 bits per heavy atom. The molecule has 9 heavy (non-hydrogen) atoms. The predicted molar refractivity (Wildman–Crippen MR) is 33.7 cm³/mol. The van der Waals surface area contributed by atoms with Crippen molar-refractivity contribution in [1.29, 1.82) is 5.26 Å². The van der Waals surface area contributed by atoms with E-state index in [0.717, 1.165) is 12.8 Å². The minimum Gasteiger partial charge on any atom is -0.297 e. The maximum atomic E-state index is 8.62. The summed E-state index contributed by atoms with van der Waals surface area (Å²) in [7, 11) is 0. The number of nitrogens with zero attached hydrogens (tertiary/aromatic N) is 1. The summed E-state index contributed by atoms with van der Waals surface area (Å²) in [6.45, 7) is 0. The Labute approximate surface area is 54.9 Å². The molecule has 0 atom stereocenters. The van der Waals surface area contributed by atoms with Crippen LogP contribution in [-0.2, 0) is 0 Å². The van der Waals surface area contributed by atoms with Crippen LogP contribution in [0.5, 0.6) is 0 Å². The number of hydrogen-bond acceptors (Lipinski definition) is 2. The Bertz CT molecular complexity index is 160. The maximum Gasteiger partial charge on any atom is 0.107 e. The summed E-state index contributed by atoms with van der Waals surface area (Å²) >= 11 is 0. The highest BCUT2D eigenvalue weighted by atomic mass is 15.1. The third-order valence-electron chi connectivity index (χ3n) is 2.02. The second-order valence-electron chi connectivity index (χ2n) is 3.11. The molecule has 48 valence electrons. The highest BCUT2D eigenvalue weighted by Gasteiger charge is 2.46. The monoisotopic (exact) mass is 122 g/mol. The first-order valence-electron chi connectivity index (χ1n) is 3.54. The summed E-state index contributed by atoms with van der Waals surface area (Å²) in [5.74, 6) is 0. The van der Waals surface area contributed by atoms with Crippen LogP contribution in [0.3, 0.4) is 0 Å². The first-order chi connectivity index (χ1) is 4.35. The van der Waals surface area contributed by atoms with Crippen LogP contribution in [0.2, 0.25) is 0 Å². The molecular formula is C7H10N2. The molecule has 2 aliphatic rings. The zero-order valence-electron chi connectivity index (χ0n) is 5.35. The van der Waals surface area contributed by atoms with E-state index in [1.807, 2.05) is 0 Å². The third-order valence-corrected chi connectivity index (χ3v) is 2.02. The molecule has 0 aliphatic heterocycles. The summed E-state index contributed by atoms with van der Waals surface area (Å²) < 4.78 is 0. The van der Waals surface area contributed by atoms with Gasteiger partial charge in [0, 0.05) is 6.04 Å². The molecule has 2 fully saturated rings.